The van der Waals surface area contributed by atoms with Gasteiger partial charge in [0.2, 0.25) is 0 Å². The summed E-state index contributed by atoms with van der Waals surface area (Å²) < 4.78 is 1.55. The van der Waals surface area contributed by atoms with E-state index in [9.17, 15) is 14.7 Å². The third-order valence-corrected chi connectivity index (χ3v) is 4.69. The molecule has 2 aliphatic rings. The van der Waals surface area contributed by atoms with E-state index in [1.165, 1.54) is 0 Å². The maximum atomic E-state index is 12.0. The van der Waals surface area contributed by atoms with Gasteiger partial charge in [0, 0.05) is 29.3 Å². The van der Waals surface area contributed by atoms with Gasteiger partial charge >= 0.3 is 5.69 Å². The predicted octanol–water partition coefficient (Wildman–Crippen LogP) is 0.251. The number of aliphatic hydroxyl groups excluding tert-OH is 1. The number of aromatic amines is 1. The van der Waals surface area contributed by atoms with Crippen molar-refractivity contribution in [2.75, 3.05) is 6.61 Å². The first-order valence-corrected chi connectivity index (χ1v) is 6.51. The lowest BCUT2D eigenvalue weighted by molar-refractivity contribution is 0.201. The third-order valence-electron chi connectivity index (χ3n) is 4.69. The molecule has 0 aromatic carbocycles. The minimum absolute atomic E-state index is 0.0623. The van der Waals surface area contributed by atoms with Crippen LogP contribution in [0.15, 0.2) is 20.9 Å². The SMILES string of the molecule is Cc1cn([C@@]23C[C@H](N=[N+]=[N-])[C@@H](CO)[C@@H]2C3)c(=O)[nH]c1=O. The molecular weight excluding hydrogens is 262 g/mol. The third kappa shape index (κ3) is 1.62. The second-order valence-corrected chi connectivity index (χ2v) is 5.68. The van der Waals surface area contributed by atoms with Crippen LogP contribution in [0.4, 0.5) is 0 Å². The molecule has 3 rings (SSSR count). The summed E-state index contributed by atoms with van der Waals surface area (Å²) in [5.41, 5.74) is 7.81. The van der Waals surface area contributed by atoms with Gasteiger partial charge in [0.05, 0.1) is 5.54 Å². The highest BCUT2D eigenvalue weighted by atomic mass is 16.3. The summed E-state index contributed by atoms with van der Waals surface area (Å²) in [4.78, 5) is 28.6. The lowest BCUT2D eigenvalue weighted by atomic mass is 10.0. The van der Waals surface area contributed by atoms with Crippen LogP contribution in [0.5, 0.6) is 0 Å². The number of aryl methyl sites for hydroxylation is 1. The Hall–Kier alpha value is -2.05. The van der Waals surface area contributed by atoms with Crippen molar-refractivity contribution in [2.45, 2.75) is 31.3 Å². The fourth-order valence-electron chi connectivity index (χ4n) is 3.60. The Morgan fingerprint density at radius 2 is 2.35 bits per heavy atom. The van der Waals surface area contributed by atoms with Crippen molar-refractivity contribution in [1.29, 1.82) is 0 Å². The van der Waals surface area contributed by atoms with Gasteiger partial charge in [0.25, 0.3) is 5.56 Å². The van der Waals surface area contributed by atoms with Crippen molar-refractivity contribution >= 4 is 0 Å². The number of H-pyrrole nitrogens is 1. The molecule has 0 aliphatic heterocycles. The van der Waals surface area contributed by atoms with E-state index in [1.54, 1.807) is 17.7 Å². The smallest absolute Gasteiger partial charge is 0.328 e. The first kappa shape index (κ1) is 13.0. The summed E-state index contributed by atoms with van der Waals surface area (Å²) in [7, 11) is 0. The van der Waals surface area contributed by atoms with E-state index in [0.29, 0.717) is 12.0 Å². The fraction of sp³-hybridized carbons (Fsp3) is 0.667. The van der Waals surface area contributed by atoms with Crippen LogP contribution in [-0.4, -0.2) is 27.3 Å². The normalized spacial score (nSPS) is 34.4. The van der Waals surface area contributed by atoms with Crippen LogP contribution in [0.1, 0.15) is 18.4 Å². The fourth-order valence-corrected chi connectivity index (χ4v) is 3.60. The summed E-state index contributed by atoms with van der Waals surface area (Å²) in [5, 5.41) is 13.2. The predicted molar refractivity (Wildman–Crippen MR) is 70.3 cm³/mol. The molecule has 0 spiro atoms. The maximum absolute atomic E-state index is 12.0. The molecular formula is C12H15N5O3. The zero-order valence-electron chi connectivity index (χ0n) is 11.0. The molecule has 0 saturated heterocycles. The molecule has 0 radical (unpaired) electrons. The minimum atomic E-state index is -0.443. The van der Waals surface area contributed by atoms with Crippen molar-refractivity contribution in [3.8, 4) is 0 Å². The topological polar surface area (TPSA) is 124 Å². The molecule has 1 aromatic rings. The first-order valence-electron chi connectivity index (χ1n) is 6.51. The number of aromatic nitrogens is 2. The Morgan fingerprint density at radius 1 is 1.60 bits per heavy atom. The van der Waals surface area contributed by atoms with E-state index >= 15 is 0 Å². The number of nitrogens with one attached hydrogen (secondary N) is 1. The Morgan fingerprint density at radius 3 is 3.00 bits per heavy atom. The second-order valence-electron chi connectivity index (χ2n) is 5.68. The van der Waals surface area contributed by atoms with E-state index < -0.39 is 11.2 Å². The number of hydrogen-bond acceptors (Lipinski definition) is 4. The molecule has 8 heteroatoms. The standard InChI is InChI=1S/C12H15N5O3/c1-6-4-17(11(20)14-10(6)19)12-2-8(12)7(5-18)9(3-12)15-16-13/h4,7-9,18H,2-3,5H2,1H3,(H,14,19,20)/t7-,8-,9-,12-/m0/s1. The monoisotopic (exact) mass is 277 g/mol. The molecule has 2 N–H and O–H groups in total. The number of nitrogens with zero attached hydrogens (tertiary/aromatic N) is 4. The highest BCUT2D eigenvalue weighted by Gasteiger charge is 2.66. The number of azide groups is 1. The van der Waals surface area contributed by atoms with Crippen molar-refractivity contribution in [3.05, 3.63) is 43.0 Å². The minimum Gasteiger partial charge on any atom is -0.396 e. The molecule has 1 heterocycles. The Bertz CT molecular complexity index is 717. The molecule has 1 aromatic heterocycles. The van der Waals surface area contributed by atoms with Crippen molar-refractivity contribution in [1.82, 2.24) is 9.55 Å². The quantitative estimate of drug-likeness (QED) is 0.467. The Labute approximate surface area is 113 Å². The average Bonchev–Trinajstić information content (AvgIpc) is 3.02. The van der Waals surface area contributed by atoms with Crippen LogP contribution in [0, 0.1) is 18.8 Å². The van der Waals surface area contributed by atoms with Crippen molar-refractivity contribution < 1.29 is 5.11 Å². The molecule has 8 nitrogen and oxygen atoms in total. The molecule has 2 aliphatic carbocycles. The van der Waals surface area contributed by atoms with Crippen molar-refractivity contribution in [2.24, 2.45) is 17.0 Å². The van der Waals surface area contributed by atoms with Gasteiger partial charge in [0.15, 0.2) is 0 Å². The largest absolute Gasteiger partial charge is 0.396 e. The zero-order chi connectivity index (χ0) is 14.5. The van der Waals surface area contributed by atoms with E-state index in [0.717, 1.165) is 6.42 Å². The van der Waals surface area contributed by atoms with Gasteiger partial charge in [-0.1, -0.05) is 5.11 Å². The molecule has 20 heavy (non-hydrogen) atoms. The molecule has 106 valence electrons. The van der Waals surface area contributed by atoms with Crippen LogP contribution >= 0.6 is 0 Å². The molecule has 0 amide bonds. The zero-order valence-corrected chi connectivity index (χ0v) is 11.0. The van der Waals surface area contributed by atoms with E-state index in [-0.39, 0.29) is 30.0 Å². The van der Waals surface area contributed by atoms with Crippen LogP contribution in [0.25, 0.3) is 10.4 Å². The van der Waals surface area contributed by atoms with Gasteiger partial charge in [-0.3, -0.25) is 14.3 Å². The highest BCUT2D eigenvalue weighted by Crippen LogP contribution is 2.64. The summed E-state index contributed by atoms with van der Waals surface area (Å²) in [6, 6.07) is -0.303. The summed E-state index contributed by atoms with van der Waals surface area (Å²) in [5.74, 6) is -0.00367. The molecule has 2 fully saturated rings. The lowest BCUT2D eigenvalue weighted by Crippen LogP contribution is -2.37. The molecule has 0 unspecified atom stereocenters. The first-order chi connectivity index (χ1) is 9.53. The van der Waals surface area contributed by atoms with Crippen LogP contribution < -0.4 is 11.2 Å². The van der Waals surface area contributed by atoms with E-state index in [4.69, 9.17) is 5.53 Å². The lowest BCUT2D eigenvalue weighted by Gasteiger charge is -2.17. The number of rotatable bonds is 3. The van der Waals surface area contributed by atoms with Gasteiger partial charge in [-0.2, -0.15) is 0 Å². The van der Waals surface area contributed by atoms with E-state index in [2.05, 4.69) is 15.0 Å². The summed E-state index contributed by atoms with van der Waals surface area (Å²) >= 11 is 0. The molecule has 4 atom stereocenters. The maximum Gasteiger partial charge on any atom is 0.328 e. The van der Waals surface area contributed by atoms with Crippen molar-refractivity contribution in [3.63, 3.8) is 0 Å². The Kier molecular flexibility index (Phi) is 2.74. The highest BCUT2D eigenvalue weighted by molar-refractivity contribution is 5.21. The van der Waals surface area contributed by atoms with Gasteiger partial charge in [0.1, 0.15) is 0 Å². The number of aliphatic hydroxyl groups is 1. The van der Waals surface area contributed by atoms with Crippen LogP contribution in [-0.2, 0) is 5.54 Å². The van der Waals surface area contributed by atoms with Gasteiger partial charge in [-0.15, -0.1) is 0 Å². The summed E-state index contributed by atoms with van der Waals surface area (Å²) in [6.45, 7) is 1.58. The number of hydrogen-bond donors (Lipinski definition) is 2. The van der Waals surface area contributed by atoms with Crippen LogP contribution in [0.2, 0.25) is 0 Å². The second kappa shape index (κ2) is 4.22. The summed E-state index contributed by atoms with van der Waals surface area (Å²) in [6.07, 6.45) is 2.85. The Balaban J connectivity index is 2.05. The molecule has 0 bridgehead atoms. The van der Waals surface area contributed by atoms with E-state index in [1.807, 2.05) is 0 Å². The van der Waals surface area contributed by atoms with Gasteiger partial charge in [-0.05, 0) is 37.1 Å². The number of fused-ring (bicyclic) bond motifs is 1. The van der Waals surface area contributed by atoms with Gasteiger partial charge in [-0.25, -0.2) is 4.79 Å². The molecule has 2 saturated carbocycles. The average molecular weight is 277 g/mol. The van der Waals surface area contributed by atoms with Crippen LogP contribution in [0.3, 0.4) is 0 Å². The van der Waals surface area contributed by atoms with Gasteiger partial charge < -0.3 is 5.11 Å².